The molecule has 0 fully saturated rings. The minimum atomic E-state index is -0.141. The standard InChI is InChI=1S/C23H26N2O3S/c1-25(2)21(22-9-6-14-29-22)15-24-23(26)17-28-20-12-10-19(11-13-20)27-16-18-7-4-3-5-8-18/h3-14,21H,15-17H2,1-2H3,(H,24,26)/t21-/m1/s1. The van der Waals surface area contributed by atoms with Gasteiger partial charge >= 0.3 is 0 Å². The quantitative estimate of drug-likeness (QED) is 0.546. The van der Waals surface area contributed by atoms with Crippen LogP contribution in [-0.4, -0.2) is 38.1 Å². The van der Waals surface area contributed by atoms with Crippen molar-refractivity contribution < 1.29 is 14.3 Å². The van der Waals surface area contributed by atoms with Crippen LogP contribution >= 0.6 is 11.3 Å². The lowest BCUT2D eigenvalue weighted by molar-refractivity contribution is -0.123. The fraction of sp³-hybridized carbons (Fsp3) is 0.261. The molecule has 0 unspecified atom stereocenters. The summed E-state index contributed by atoms with van der Waals surface area (Å²) in [6.07, 6.45) is 0. The van der Waals surface area contributed by atoms with E-state index in [1.54, 1.807) is 11.3 Å². The monoisotopic (exact) mass is 410 g/mol. The number of rotatable bonds is 10. The lowest BCUT2D eigenvalue weighted by Crippen LogP contribution is -2.36. The lowest BCUT2D eigenvalue weighted by atomic mass is 10.2. The van der Waals surface area contributed by atoms with Crippen molar-refractivity contribution in [1.29, 1.82) is 0 Å². The van der Waals surface area contributed by atoms with Gasteiger partial charge in [0.2, 0.25) is 0 Å². The molecule has 0 aliphatic rings. The summed E-state index contributed by atoms with van der Waals surface area (Å²) in [6.45, 7) is 1.04. The number of likely N-dealkylation sites (N-methyl/N-ethyl adjacent to an activating group) is 1. The number of hydrogen-bond donors (Lipinski definition) is 1. The van der Waals surface area contributed by atoms with E-state index in [1.165, 1.54) is 4.88 Å². The number of nitrogens with one attached hydrogen (secondary N) is 1. The molecule has 1 heterocycles. The van der Waals surface area contributed by atoms with E-state index in [1.807, 2.05) is 80.1 Å². The van der Waals surface area contributed by atoms with Gasteiger partial charge in [0.15, 0.2) is 6.61 Å². The maximum atomic E-state index is 12.2. The van der Waals surface area contributed by atoms with Gasteiger partial charge in [-0.15, -0.1) is 11.3 Å². The van der Waals surface area contributed by atoms with Crippen LogP contribution in [0.15, 0.2) is 72.1 Å². The summed E-state index contributed by atoms with van der Waals surface area (Å²) in [5.41, 5.74) is 1.11. The summed E-state index contributed by atoms with van der Waals surface area (Å²) >= 11 is 1.69. The highest BCUT2D eigenvalue weighted by Gasteiger charge is 2.16. The van der Waals surface area contributed by atoms with Gasteiger partial charge in [-0.1, -0.05) is 36.4 Å². The van der Waals surface area contributed by atoms with Crippen LogP contribution in [-0.2, 0) is 11.4 Å². The maximum absolute atomic E-state index is 12.2. The van der Waals surface area contributed by atoms with Crippen LogP contribution in [0, 0.1) is 0 Å². The number of nitrogens with zero attached hydrogens (tertiary/aromatic N) is 1. The predicted molar refractivity (Wildman–Crippen MR) is 116 cm³/mol. The summed E-state index contributed by atoms with van der Waals surface area (Å²) in [5.74, 6) is 1.25. The van der Waals surface area contributed by atoms with Crippen LogP contribution in [0.5, 0.6) is 11.5 Å². The zero-order valence-electron chi connectivity index (χ0n) is 16.7. The molecule has 0 bridgehead atoms. The Balaban J connectivity index is 1.41. The summed E-state index contributed by atoms with van der Waals surface area (Å²) < 4.78 is 11.3. The van der Waals surface area contributed by atoms with Gasteiger partial charge in [0, 0.05) is 11.4 Å². The minimum Gasteiger partial charge on any atom is -0.489 e. The number of benzene rings is 2. The summed E-state index contributed by atoms with van der Waals surface area (Å²) in [5, 5.41) is 4.99. The van der Waals surface area contributed by atoms with Crippen molar-refractivity contribution in [3.63, 3.8) is 0 Å². The van der Waals surface area contributed by atoms with E-state index < -0.39 is 0 Å². The van der Waals surface area contributed by atoms with Crippen LogP contribution < -0.4 is 14.8 Å². The van der Waals surface area contributed by atoms with Gasteiger partial charge in [0.1, 0.15) is 18.1 Å². The molecule has 6 heteroatoms. The maximum Gasteiger partial charge on any atom is 0.258 e. The third-order valence-electron chi connectivity index (χ3n) is 4.43. The molecular formula is C23H26N2O3S. The Labute approximate surface area is 175 Å². The van der Waals surface area contributed by atoms with Gasteiger partial charge < -0.3 is 19.7 Å². The van der Waals surface area contributed by atoms with E-state index in [-0.39, 0.29) is 18.6 Å². The Kier molecular flexibility index (Phi) is 7.67. The predicted octanol–water partition coefficient (Wildman–Crippen LogP) is 4.13. The number of carbonyl (C=O) groups excluding carboxylic acids is 1. The highest BCUT2D eigenvalue weighted by Crippen LogP contribution is 2.22. The average Bonchev–Trinajstić information content (AvgIpc) is 3.26. The first-order valence-electron chi connectivity index (χ1n) is 9.48. The van der Waals surface area contributed by atoms with Crippen LogP contribution in [0.2, 0.25) is 0 Å². The Hall–Kier alpha value is -2.83. The Morgan fingerprint density at radius 3 is 2.28 bits per heavy atom. The largest absolute Gasteiger partial charge is 0.489 e. The van der Waals surface area contributed by atoms with E-state index in [0.29, 0.717) is 18.9 Å². The number of hydrogen-bond acceptors (Lipinski definition) is 5. The topological polar surface area (TPSA) is 50.8 Å². The minimum absolute atomic E-state index is 0.0190. The SMILES string of the molecule is CN(C)[C@H](CNC(=O)COc1ccc(OCc2ccccc2)cc1)c1cccs1. The normalized spacial score (nSPS) is 11.8. The number of thiophene rings is 1. The Bertz CT molecular complexity index is 865. The lowest BCUT2D eigenvalue weighted by Gasteiger charge is -2.23. The van der Waals surface area contributed by atoms with Gasteiger partial charge in [-0.25, -0.2) is 0 Å². The van der Waals surface area contributed by atoms with Crippen LogP contribution in [0.3, 0.4) is 0 Å². The van der Waals surface area contributed by atoms with E-state index in [2.05, 4.69) is 16.3 Å². The molecule has 0 aliphatic heterocycles. The third kappa shape index (κ3) is 6.62. The Morgan fingerprint density at radius 1 is 0.966 bits per heavy atom. The molecule has 1 amide bonds. The van der Waals surface area contributed by atoms with Crippen LogP contribution in [0.25, 0.3) is 0 Å². The van der Waals surface area contributed by atoms with Crippen LogP contribution in [0.4, 0.5) is 0 Å². The van der Waals surface area contributed by atoms with Crippen molar-refractivity contribution in [2.45, 2.75) is 12.6 Å². The van der Waals surface area contributed by atoms with E-state index in [0.717, 1.165) is 11.3 Å². The molecule has 0 saturated heterocycles. The molecule has 5 nitrogen and oxygen atoms in total. The smallest absolute Gasteiger partial charge is 0.258 e. The molecule has 0 aliphatic carbocycles. The van der Waals surface area contributed by atoms with Crippen molar-refractivity contribution in [3.05, 3.63) is 82.6 Å². The summed E-state index contributed by atoms with van der Waals surface area (Å²) in [6, 6.07) is 21.6. The first kappa shape index (κ1) is 20.9. The van der Waals surface area contributed by atoms with Gasteiger partial charge in [-0.3, -0.25) is 4.79 Å². The van der Waals surface area contributed by atoms with Gasteiger partial charge in [-0.05, 0) is 55.4 Å². The second-order valence-corrected chi connectivity index (χ2v) is 7.81. The zero-order chi connectivity index (χ0) is 20.5. The van der Waals surface area contributed by atoms with E-state index in [9.17, 15) is 4.79 Å². The van der Waals surface area contributed by atoms with Crippen molar-refractivity contribution in [3.8, 4) is 11.5 Å². The fourth-order valence-electron chi connectivity index (χ4n) is 2.80. The molecule has 0 saturated carbocycles. The molecule has 1 N–H and O–H groups in total. The average molecular weight is 411 g/mol. The van der Waals surface area contributed by atoms with Crippen LogP contribution in [0.1, 0.15) is 16.5 Å². The number of carbonyl (C=O) groups is 1. The fourth-order valence-corrected chi connectivity index (χ4v) is 3.72. The molecule has 3 aromatic rings. The number of amides is 1. The summed E-state index contributed by atoms with van der Waals surface area (Å²) in [7, 11) is 4.02. The van der Waals surface area contributed by atoms with Gasteiger partial charge in [-0.2, -0.15) is 0 Å². The second-order valence-electron chi connectivity index (χ2n) is 6.83. The molecule has 0 radical (unpaired) electrons. The first-order valence-corrected chi connectivity index (χ1v) is 10.4. The highest BCUT2D eigenvalue weighted by molar-refractivity contribution is 7.10. The highest BCUT2D eigenvalue weighted by atomic mass is 32.1. The molecule has 0 spiro atoms. The van der Waals surface area contributed by atoms with E-state index >= 15 is 0 Å². The molecule has 3 rings (SSSR count). The van der Waals surface area contributed by atoms with Crippen molar-refractivity contribution in [2.75, 3.05) is 27.2 Å². The number of ether oxygens (including phenoxy) is 2. The molecule has 29 heavy (non-hydrogen) atoms. The first-order chi connectivity index (χ1) is 14.1. The Morgan fingerprint density at radius 2 is 1.66 bits per heavy atom. The third-order valence-corrected chi connectivity index (χ3v) is 5.40. The second kappa shape index (κ2) is 10.6. The van der Waals surface area contributed by atoms with Crippen molar-refractivity contribution >= 4 is 17.2 Å². The molecular weight excluding hydrogens is 384 g/mol. The van der Waals surface area contributed by atoms with Gasteiger partial charge in [0.05, 0.1) is 6.04 Å². The van der Waals surface area contributed by atoms with Crippen molar-refractivity contribution in [2.24, 2.45) is 0 Å². The zero-order valence-corrected chi connectivity index (χ0v) is 17.5. The van der Waals surface area contributed by atoms with Gasteiger partial charge in [0.25, 0.3) is 5.91 Å². The molecule has 2 aromatic carbocycles. The molecule has 152 valence electrons. The van der Waals surface area contributed by atoms with Crippen molar-refractivity contribution in [1.82, 2.24) is 10.2 Å². The molecule has 1 atom stereocenters. The van der Waals surface area contributed by atoms with E-state index in [4.69, 9.17) is 9.47 Å². The summed E-state index contributed by atoms with van der Waals surface area (Å²) in [4.78, 5) is 15.5. The molecule has 1 aromatic heterocycles.